The molecule has 1 aromatic carbocycles. The van der Waals surface area contributed by atoms with Crippen LogP contribution in [0.25, 0.3) is 0 Å². The predicted octanol–water partition coefficient (Wildman–Crippen LogP) is 2.23. The van der Waals surface area contributed by atoms with Gasteiger partial charge in [-0.05, 0) is 42.8 Å². The number of thiophene rings is 1. The van der Waals surface area contributed by atoms with Gasteiger partial charge in [-0.15, -0.1) is 11.3 Å². The van der Waals surface area contributed by atoms with Crippen LogP contribution in [0.3, 0.4) is 0 Å². The van der Waals surface area contributed by atoms with E-state index in [1.54, 1.807) is 25.2 Å². The quantitative estimate of drug-likeness (QED) is 0.936. The normalized spacial score (nSPS) is 11.4. The number of nitrogens with two attached hydrogens (primary N) is 1. The molecule has 0 radical (unpaired) electrons. The standard InChI is InChI=1S/C14H16N2O3S2/c1-3-11-6-9-13(20-11)14(17)16(2)10-4-7-12(8-5-10)21(15,18)19/h4-9H,3H2,1-2H3,(H2,15,18,19). The molecule has 0 unspecified atom stereocenters. The SMILES string of the molecule is CCc1ccc(C(=O)N(C)c2ccc(S(N)(=O)=O)cc2)s1. The Labute approximate surface area is 128 Å². The van der Waals surface area contributed by atoms with Gasteiger partial charge in [0.1, 0.15) is 0 Å². The van der Waals surface area contributed by atoms with Crippen molar-refractivity contribution in [1.82, 2.24) is 0 Å². The molecule has 1 heterocycles. The second-order valence-corrected chi connectivity index (χ2v) is 7.25. The maximum absolute atomic E-state index is 12.3. The summed E-state index contributed by atoms with van der Waals surface area (Å²) < 4.78 is 22.4. The number of benzene rings is 1. The Hall–Kier alpha value is -1.70. The highest BCUT2D eigenvalue weighted by Crippen LogP contribution is 2.22. The van der Waals surface area contributed by atoms with Crippen molar-refractivity contribution in [1.29, 1.82) is 0 Å². The lowest BCUT2D eigenvalue weighted by Gasteiger charge is -2.16. The number of hydrogen-bond donors (Lipinski definition) is 1. The van der Waals surface area contributed by atoms with Gasteiger partial charge in [-0.25, -0.2) is 13.6 Å². The molecule has 7 heteroatoms. The molecule has 0 saturated carbocycles. The monoisotopic (exact) mass is 324 g/mol. The number of hydrogen-bond acceptors (Lipinski definition) is 4. The molecule has 0 saturated heterocycles. The van der Waals surface area contributed by atoms with E-state index in [0.717, 1.165) is 11.3 Å². The van der Waals surface area contributed by atoms with E-state index in [1.165, 1.54) is 28.4 Å². The van der Waals surface area contributed by atoms with Crippen LogP contribution in [0.4, 0.5) is 5.69 Å². The minimum atomic E-state index is -3.72. The molecule has 21 heavy (non-hydrogen) atoms. The summed E-state index contributed by atoms with van der Waals surface area (Å²) in [7, 11) is -2.07. The lowest BCUT2D eigenvalue weighted by molar-refractivity contribution is 0.0997. The van der Waals surface area contributed by atoms with Gasteiger partial charge in [-0.3, -0.25) is 4.79 Å². The molecule has 2 N–H and O–H groups in total. The molecule has 0 aliphatic carbocycles. The van der Waals surface area contributed by atoms with E-state index in [9.17, 15) is 13.2 Å². The highest BCUT2D eigenvalue weighted by molar-refractivity contribution is 7.89. The lowest BCUT2D eigenvalue weighted by Crippen LogP contribution is -2.25. The van der Waals surface area contributed by atoms with Crippen molar-refractivity contribution in [3.8, 4) is 0 Å². The fraction of sp³-hybridized carbons (Fsp3) is 0.214. The van der Waals surface area contributed by atoms with Crippen molar-refractivity contribution in [2.45, 2.75) is 18.2 Å². The van der Waals surface area contributed by atoms with Gasteiger partial charge in [-0.1, -0.05) is 6.92 Å². The molecule has 0 atom stereocenters. The fourth-order valence-corrected chi connectivity index (χ4v) is 3.26. The number of aryl methyl sites for hydroxylation is 1. The Morgan fingerprint density at radius 1 is 1.19 bits per heavy atom. The van der Waals surface area contributed by atoms with Crippen LogP contribution in [0.1, 0.15) is 21.5 Å². The van der Waals surface area contributed by atoms with E-state index < -0.39 is 10.0 Å². The molecule has 1 amide bonds. The number of carbonyl (C=O) groups excluding carboxylic acids is 1. The zero-order valence-electron chi connectivity index (χ0n) is 11.7. The topological polar surface area (TPSA) is 80.5 Å². The highest BCUT2D eigenvalue weighted by atomic mass is 32.2. The second-order valence-electron chi connectivity index (χ2n) is 4.52. The number of amides is 1. The fourth-order valence-electron chi connectivity index (χ4n) is 1.82. The lowest BCUT2D eigenvalue weighted by atomic mass is 10.3. The molecule has 1 aromatic heterocycles. The number of anilines is 1. The van der Waals surface area contributed by atoms with Crippen LogP contribution in [-0.4, -0.2) is 21.4 Å². The summed E-state index contributed by atoms with van der Waals surface area (Å²) in [5, 5.41) is 5.05. The van der Waals surface area contributed by atoms with Crippen molar-refractivity contribution in [3.05, 3.63) is 46.2 Å². The Morgan fingerprint density at radius 3 is 2.29 bits per heavy atom. The van der Waals surface area contributed by atoms with E-state index in [4.69, 9.17) is 5.14 Å². The zero-order valence-corrected chi connectivity index (χ0v) is 13.4. The summed E-state index contributed by atoms with van der Waals surface area (Å²) in [5.41, 5.74) is 0.610. The molecule has 112 valence electrons. The summed E-state index contributed by atoms with van der Waals surface area (Å²) in [6.07, 6.45) is 0.894. The second kappa shape index (κ2) is 5.97. The molecule has 2 aromatic rings. The van der Waals surface area contributed by atoms with Gasteiger partial charge in [0.2, 0.25) is 10.0 Å². The Morgan fingerprint density at radius 2 is 1.81 bits per heavy atom. The van der Waals surface area contributed by atoms with Gasteiger partial charge in [0.25, 0.3) is 5.91 Å². The van der Waals surface area contributed by atoms with E-state index in [-0.39, 0.29) is 10.8 Å². The zero-order chi connectivity index (χ0) is 15.6. The summed E-state index contributed by atoms with van der Waals surface area (Å²) in [6, 6.07) is 9.65. The minimum Gasteiger partial charge on any atom is -0.311 e. The van der Waals surface area contributed by atoms with Crippen molar-refractivity contribution in [2.75, 3.05) is 11.9 Å². The van der Waals surface area contributed by atoms with Crippen LogP contribution in [0.2, 0.25) is 0 Å². The van der Waals surface area contributed by atoms with Crippen LogP contribution < -0.4 is 10.0 Å². The van der Waals surface area contributed by atoms with Crippen LogP contribution in [-0.2, 0) is 16.4 Å². The largest absolute Gasteiger partial charge is 0.311 e. The first-order valence-electron chi connectivity index (χ1n) is 6.32. The first-order valence-corrected chi connectivity index (χ1v) is 8.69. The summed E-state index contributed by atoms with van der Waals surface area (Å²) in [5.74, 6) is -0.122. The highest BCUT2D eigenvalue weighted by Gasteiger charge is 2.16. The first-order chi connectivity index (χ1) is 9.82. The number of sulfonamides is 1. The van der Waals surface area contributed by atoms with Gasteiger partial charge in [0, 0.05) is 17.6 Å². The van der Waals surface area contributed by atoms with Gasteiger partial charge in [-0.2, -0.15) is 0 Å². The predicted molar refractivity (Wildman–Crippen MR) is 84.2 cm³/mol. The van der Waals surface area contributed by atoms with Gasteiger partial charge in [0.05, 0.1) is 9.77 Å². The molecule has 5 nitrogen and oxygen atoms in total. The van der Waals surface area contributed by atoms with Crippen LogP contribution in [0, 0.1) is 0 Å². The third-order valence-electron chi connectivity index (χ3n) is 3.08. The maximum Gasteiger partial charge on any atom is 0.268 e. The van der Waals surface area contributed by atoms with E-state index >= 15 is 0 Å². The number of primary sulfonamides is 1. The summed E-state index contributed by atoms with van der Waals surface area (Å²) in [4.78, 5) is 15.7. The summed E-state index contributed by atoms with van der Waals surface area (Å²) >= 11 is 1.46. The van der Waals surface area contributed by atoms with Crippen LogP contribution >= 0.6 is 11.3 Å². The molecule has 2 rings (SSSR count). The van der Waals surface area contributed by atoms with Crippen molar-refractivity contribution < 1.29 is 13.2 Å². The molecule has 0 aliphatic rings. The Balaban J connectivity index is 2.23. The van der Waals surface area contributed by atoms with E-state index in [2.05, 4.69) is 0 Å². The van der Waals surface area contributed by atoms with Crippen LogP contribution in [0.5, 0.6) is 0 Å². The molecule has 0 spiro atoms. The van der Waals surface area contributed by atoms with Gasteiger partial charge in [0.15, 0.2) is 0 Å². The molecule has 0 bridgehead atoms. The molecule has 0 fully saturated rings. The minimum absolute atomic E-state index is 0.0245. The van der Waals surface area contributed by atoms with Gasteiger partial charge < -0.3 is 4.90 Å². The van der Waals surface area contributed by atoms with E-state index in [0.29, 0.717) is 10.6 Å². The van der Waals surface area contributed by atoms with Gasteiger partial charge >= 0.3 is 0 Å². The van der Waals surface area contributed by atoms with E-state index in [1.807, 2.05) is 13.0 Å². The molecular weight excluding hydrogens is 308 g/mol. The third kappa shape index (κ3) is 3.49. The average Bonchev–Trinajstić information content (AvgIpc) is 2.94. The third-order valence-corrected chi connectivity index (χ3v) is 5.22. The number of rotatable bonds is 4. The maximum atomic E-state index is 12.3. The number of nitrogens with zero attached hydrogens (tertiary/aromatic N) is 1. The van der Waals surface area contributed by atoms with Crippen LogP contribution in [0.15, 0.2) is 41.3 Å². The van der Waals surface area contributed by atoms with Crippen molar-refractivity contribution in [2.24, 2.45) is 5.14 Å². The van der Waals surface area contributed by atoms with Crippen molar-refractivity contribution >= 4 is 33.0 Å². The Bertz CT molecular complexity index is 749. The smallest absolute Gasteiger partial charge is 0.268 e. The number of carbonyl (C=O) groups is 1. The Kier molecular flexibility index (Phi) is 4.46. The summed E-state index contributed by atoms with van der Waals surface area (Å²) in [6.45, 7) is 2.04. The first kappa shape index (κ1) is 15.7. The molecule has 0 aliphatic heterocycles. The van der Waals surface area contributed by atoms with Crippen molar-refractivity contribution in [3.63, 3.8) is 0 Å². The molecular formula is C14H16N2O3S2. The average molecular weight is 324 g/mol.